The fraction of sp³-hybridized carbons (Fsp3) is 0.333. The van der Waals surface area contributed by atoms with E-state index in [2.05, 4.69) is 40.2 Å². The summed E-state index contributed by atoms with van der Waals surface area (Å²) in [5.41, 5.74) is 3.53. The molecular formula is C21H20N2OS2. The molecule has 1 aromatic heterocycles. The topological polar surface area (TPSA) is 33.2 Å². The predicted molar refractivity (Wildman–Crippen MR) is 109 cm³/mol. The average Bonchev–Trinajstić information content (AvgIpc) is 3.25. The van der Waals surface area contributed by atoms with Crippen LogP contribution in [0.4, 0.5) is 5.69 Å². The maximum absolute atomic E-state index is 13.1. The van der Waals surface area contributed by atoms with Gasteiger partial charge in [-0.15, -0.1) is 11.3 Å². The molecule has 1 aliphatic carbocycles. The molecule has 0 radical (unpaired) electrons. The number of nitrogens with zero attached hydrogens (tertiary/aromatic N) is 2. The lowest BCUT2D eigenvalue weighted by Crippen LogP contribution is -2.41. The van der Waals surface area contributed by atoms with Crippen molar-refractivity contribution in [3.8, 4) is 0 Å². The summed E-state index contributed by atoms with van der Waals surface area (Å²) in [6, 6.07) is 17.0. The number of carbonyl (C=O) groups is 1. The molecule has 3 nitrogen and oxygen atoms in total. The molecule has 1 saturated carbocycles. The van der Waals surface area contributed by atoms with E-state index >= 15 is 0 Å². The van der Waals surface area contributed by atoms with Crippen LogP contribution in [0.15, 0.2) is 52.9 Å². The number of hydrogen-bond donors (Lipinski definition) is 0. The first-order valence-electron chi connectivity index (χ1n) is 9.20. The molecule has 1 amide bonds. The molecule has 2 aliphatic rings. The van der Waals surface area contributed by atoms with Crippen LogP contribution >= 0.6 is 23.1 Å². The maximum Gasteiger partial charge on any atom is 0.237 e. The summed E-state index contributed by atoms with van der Waals surface area (Å²) in [4.78, 5) is 19.9. The summed E-state index contributed by atoms with van der Waals surface area (Å²) in [6.07, 6.45) is 4.83. The lowest BCUT2D eigenvalue weighted by molar-refractivity contribution is -0.116. The van der Waals surface area contributed by atoms with Gasteiger partial charge in [0.2, 0.25) is 5.91 Å². The van der Waals surface area contributed by atoms with Gasteiger partial charge in [-0.25, -0.2) is 4.98 Å². The molecule has 0 spiro atoms. The van der Waals surface area contributed by atoms with Gasteiger partial charge in [-0.1, -0.05) is 54.9 Å². The number of benzene rings is 2. The Hall–Kier alpha value is -1.85. The van der Waals surface area contributed by atoms with E-state index in [0.717, 1.165) is 22.0 Å². The predicted octanol–water partition coefficient (Wildman–Crippen LogP) is 5.46. The fourth-order valence-corrected chi connectivity index (χ4v) is 6.34. The van der Waals surface area contributed by atoms with E-state index in [-0.39, 0.29) is 5.91 Å². The summed E-state index contributed by atoms with van der Waals surface area (Å²) in [7, 11) is 0. The molecule has 0 N–H and O–H groups in total. The summed E-state index contributed by atoms with van der Waals surface area (Å²) in [5, 5.41) is 0. The average molecular weight is 381 g/mol. The maximum atomic E-state index is 13.1. The lowest BCUT2D eigenvalue weighted by Gasteiger charge is -2.32. The number of aromatic nitrogens is 1. The minimum Gasteiger partial charge on any atom is -0.308 e. The Morgan fingerprint density at radius 3 is 2.85 bits per heavy atom. The van der Waals surface area contributed by atoms with Crippen molar-refractivity contribution in [3.05, 3.63) is 54.1 Å². The van der Waals surface area contributed by atoms with Gasteiger partial charge in [0, 0.05) is 17.6 Å². The number of thioether (sulfide) groups is 1. The Balaban J connectivity index is 1.37. The van der Waals surface area contributed by atoms with Crippen LogP contribution in [0, 0.1) is 0 Å². The third-order valence-electron chi connectivity index (χ3n) is 5.52. The number of rotatable bonds is 3. The fourth-order valence-electron chi connectivity index (χ4n) is 4.41. The molecule has 2 atom stereocenters. The van der Waals surface area contributed by atoms with Gasteiger partial charge in [0.25, 0.3) is 0 Å². The number of anilines is 1. The zero-order chi connectivity index (χ0) is 17.5. The first-order chi connectivity index (χ1) is 12.8. The number of amides is 1. The van der Waals surface area contributed by atoms with Crippen molar-refractivity contribution in [2.24, 2.45) is 0 Å². The second-order valence-electron chi connectivity index (χ2n) is 7.02. The van der Waals surface area contributed by atoms with Crippen molar-refractivity contribution in [1.82, 2.24) is 4.98 Å². The van der Waals surface area contributed by atoms with Crippen LogP contribution < -0.4 is 4.90 Å². The minimum atomic E-state index is 0.219. The van der Waals surface area contributed by atoms with E-state index < -0.39 is 0 Å². The van der Waals surface area contributed by atoms with Gasteiger partial charge in [0.1, 0.15) is 0 Å². The highest BCUT2D eigenvalue weighted by molar-refractivity contribution is 8.01. The van der Waals surface area contributed by atoms with Crippen LogP contribution in [0.2, 0.25) is 0 Å². The van der Waals surface area contributed by atoms with Crippen LogP contribution in [0.3, 0.4) is 0 Å². The van der Waals surface area contributed by atoms with Crippen LogP contribution in [-0.2, 0) is 4.79 Å². The Bertz CT molecular complexity index is 934. The second-order valence-corrected chi connectivity index (χ2v) is 9.27. The molecule has 1 fully saturated rings. The van der Waals surface area contributed by atoms with Gasteiger partial charge in [-0.05, 0) is 36.6 Å². The van der Waals surface area contributed by atoms with E-state index in [1.54, 1.807) is 23.1 Å². The molecule has 2 heterocycles. The molecular weight excluding hydrogens is 360 g/mol. The van der Waals surface area contributed by atoms with Gasteiger partial charge in [-0.3, -0.25) is 4.79 Å². The van der Waals surface area contributed by atoms with Crippen molar-refractivity contribution in [2.45, 2.75) is 42.0 Å². The quantitative estimate of drug-likeness (QED) is 0.566. The van der Waals surface area contributed by atoms with Gasteiger partial charge >= 0.3 is 0 Å². The van der Waals surface area contributed by atoms with Gasteiger partial charge in [0.05, 0.1) is 16.0 Å². The zero-order valence-corrected chi connectivity index (χ0v) is 16.1. The number of hydrogen-bond acceptors (Lipinski definition) is 4. The van der Waals surface area contributed by atoms with E-state index in [4.69, 9.17) is 0 Å². The normalized spacial score (nSPS) is 21.6. The van der Waals surface area contributed by atoms with E-state index in [1.807, 2.05) is 18.2 Å². The van der Waals surface area contributed by atoms with Crippen LogP contribution in [-0.4, -0.2) is 22.7 Å². The number of carbonyl (C=O) groups excluding carboxylic acids is 1. The zero-order valence-electron chi connectivity index (χ0n) is 14.4. The van der Waals surface area contributed by atoms with Crippen LogP contribution in [0.5, 0.6) is 0 Å². The molecule has 0 saturated heterocycles. The highest BCUT2D eigenvalue weighted by Gasteiger charge is 2.42. The van der Waals surface area contributed by atoms with Crippen molar-refractivity contribution >= 4 is 44.9 Å². The Kier molecular flexibility index (Phi) is 4.21. The first kappa shape index (κ1) is 16.3. The van der Waals surface area contributed by atoms with Crippen molar-refractivity contribution in [3.63, 3.8) is 0 Å². The van der Waals surface area contributed by atoms with Crippen molar-refractivity contribution < 1.29 is 4.79 Å². The Morgan fingerprint density at radius 2 is 1.92 bits per heavy atom. The number of fused-ring (bicyclic) bond motifs is 4. The van der Waals surface area contributed by atoms with Gasteiger partial charge in [0.15, 0.2) is 4.34 Å². The largest absolute Gasteiger partial charge is 0.308 e. The molecule has 26 heavy (non-hydrogen) atoms. The summed E-state index contributed by atoms with van der Waals surface area (Å²) >= 11 is 3.24. The molecule has 132 valence electrons. The second kappa shape index (κ2) is 6.71. The number of para-hydroxylation sites is 2. The summed E-state index contributed by atoms with van der Waals surface area (Å²) in [6.45, 7) is 0. The third-order valence-corrected chi connectivity index (χ3v) is 7.68. The molecule has 5 heteroatoms. The lowest BCUT2D eigenvalue weighted by atomic mass is 9.82. The SMILES string of the molecule is O=C(CSc1nc2ccccc2s1)N1c2ccccc2[C@@H]2CCCC[C@H]21. The Morgan fingerprint density at radius 1 is 1.12 bits per heavy atom. The number of thiazole rings is 1. The molecule has 3 aromatic rings. The van der Waals surface area contributed by atoms with Crippen LogP contribution in [0.1, 0.15) is 37.2 Å². The summed E-state index contributed by atoms with van der Waals surface area (Å²) < 4.78 is 2.16. The third kappa shape index (κ3) is 2.74. The van der Waals surface area contributed by atoms with E-state index in [1.165, 1.54) is 29.5 Å². The molecule has 0 unspecified atom stereocenters. The minimum absolute atomic E-state index is 0.219. The molecule has 0 bridgehead atoms. The van der Waals surface area contributed by atoms with Gasteiger partial charge in [-0.2, -0.15) is 0 Å². The molecule has 1 aliphatic heterocycles. The molecule has 5 rings (SSSR count). The van der Waals surface area contributed by atoms with Crippen molar-refractivity contribution in [2.75, 3.05) is 10.7 Å². The van der Waals surface area contributed by atoms with E-state index in [9.17, 15) is 4.79 Å². The summed E-state index contributed by atoms with van der Waals surface area (Å²) in [5.74, 6) is 1.20. The Labute approximate surface area is 161 Å². The van der Waals surface area contributed by atoms with Crippen molar-refractivity contribution in [1.29, 1.82) is 0 Å². The highest BCUT2D eigenvalue weighted by atomic mass is 32.2. The van der Waals surface area contributed by atoms with Gasteiger partial charge < -0.3 is 4.90 Å². The first-order valence-corrected chi connectivity index (χ1v) is 11.0. The highest BCUT2D eigenvalue weighted by Crippen LogP contribution is 2.48. The van der Waals surface area contributed by atoms with Crippen LogP contribution in [0.25, 0.3) is 10.2 Å². The smallest absolute Gasteiger partial charge is 0.237 e. The van der Waals surface area contributed by atoms with E-state index in [0.29, 0.717) is 17.7 Å². The standard InChI is InChI=1S/C21H20N2OS2/c24-20(13-25-21-22-16-9-3-6-12-19(16)26-21)23-17-10-4-1-7-14(17)15-8-2-5-11-18(15)23/h1,3-4,6-7,9-10,12,15,18H,2,5,8,11,13H2/t15-,18+/m0/s1. The monoisotopic (exact) mass is 380 g/mol. The molecule has 2 aromatic carbocycles.